The van der Waals surface area contributed by atoms with Crippen molar-refractivity contribution in [1.29, 1.82) is 0 Å². The minimum atomic E-state index is -3.35. The Morgan fingerprint density at radius 1 is 0.500 bits per heavy atom. The van der Waals surface area contributed by atoms with Gasteiger partial charge in [-0.25, -0.2) is 21.8 Å². The molecule has 14 heteroatoms. The molecule has 5 aliphatic heterocycles. The summed E-state index contributed by atoms with van der Waals surface area (Å²) in [6.07, 6.45) is 11.8. The number of piperidine rings is 3. The molecular formula is C54H90N8O4S2. The van der Waals surface area contributed by atoms with Gasteiger partial charge < -0.3 is 17.2 Å². The number of pyridine rings is 2. The fourth-order valence-electron chi connectivity index (χ4n) is 12.9. The molecule has 7 heterocycles. The third-order valence-electron chi connectivity index (χ3n) is 17.2. The second-order valence-electron chi connectivity index (χ2n) is 23.8. The lowest BCUT2D eigenvalue weighted by atomic mass is 9.65. The van der Waals surface area contributed by atoms with Crippen LogP contribution in [0, 0.1) is 16.2 Å². The Kier molecular flexibility index (Phi) is 15.9. The maximum absolute atomic E-state index is 12.7. The van der Waals surface area contributed by atoms with Crippen molar-refractivity contribution >= 4 is 19.7 Å². The van der Waals surface area contributed by atoms with Crippen molar-refractivity contribution in [3.05, 3.63) is 83.3 Å². The number of rotatable bonds is 0. The molecule has 0 amide bonds. The Labute approximate surface area is 412 Å². The molecule has 1 aromatic carbocycles. The first kappa shape index (κ1) is 56.1. The molecule has 3 saturated heterocycles. The van der Waals surface area contributed by atoms with Crippen LogP contribution in [0.5, 0.6) is 0 Å². The van der Waals surface area contributed by atoms with E-state index in [0.717, 1.165) is 57.4 Å². The highest BCUT2D eigenvalue weighted by molar-refractivity contribution is 7.91. The number of aromatic nitrogens is 2. The van der Waals surface area contributed by atoms with Crippen LogP contribution in [0.1, 0.15) is 176 Å². The van der Waals surface area contributed by atoms with E-state index in [0.29, 0.717) is 15.9 Å². The summed E-state index contributed by atoms with van der Waals surface area (Å²) in [6.45, 7) is 26.1. The van der Waals surface area contributed by atoms with Gasteiger partial charge in [0.1, 0.15) is 0 Å². The molecule has 4 fully saturated rings. The molecule has 2 aromatic heterocycles. The molecule has 3 aromatic rings. The zero-order valence-corrected chi connectivity index (χ0v) is 42.4. The van der Waals surface area contributed by atoms with Crippen molar-refractivity contribution in [1.82, 2.24) is 24.7 Å². The maximum atomic E-state index is 12.7. The van der Waals surface area contributed by atoms with Gasteiger partial charge in [-0.05, 0) is 182 Å². The van der Waals surface area contributed by atoms with Crippen LogP contribution >= 0.6 is 0 Å². The second kappa shape index (κ2) is 19.3. The molecule has 4 spiro atoms. The van der Waals surface area contributed by atoms with Crippen molar-refractivity contribution in [2.24, 2.45) is 33.4 Å². The predicted octanol–water partition coefficient (Wildman–Crippen LogP) is 9.02. The lowest BCUT2D eigenvalue weighted by molar-refractivity contribution is 0.0128. The van der Waals surface area contributed by atoms with Gasteiger partial charge in [0, 0.05) is 74.4 Å². The molecule has 3 atom stereocenters. The Balaban J connectivity index is 0.000000186. The van der Waals surface area contributed by atoms with Crippen LogP contribution in [-0.2, 0) is 25.1 Å². The highest BCUT2D eigenvalue weighted by Crippen LogP contribution is 2.72. The SMILES string of the molecule is C.C.C.CC(C)(C)N1CCC2(CC1)CS(=O)(=O)c1ccccc1[C@H]2N.CC(C)(C)N1CCC2(CC1)CS(=O)(=O)c1ncccc1[C@H]2N.CC(C)(C)N1CCC2(CC1)[C@H](N)c1cccnc1C21CC1. The van der Waals surface area contributed by atoms with Gasteiger partial charge >= 0.3 is 0 Å². The molecular weight excluding hydrogens is 889 g/mol. The number of hydrogen-bond donors (Lipinski definition) is 3. The number of nitrogens with two attached hydrogens (primary N) is 3. The van der Waals surface area contributed by atoms with E-state index < -0.39 is 19.7 Å². The van der Waals surface area contributed by atoms with Crippen molar-refractivity contribution < 1.29 is 16.8 Å². The molecule has 10 rings (SSSR count). The molecule has 2 aliphatic carbocycles. The van der Waals surface area contributed by atoms with Gasteiger partial charge in [0.25, 0.3) is 0 Å². The fraction of sp³-hybridized carbons (Fsp3) is 0.704. The smallest absolute Gasteiger partial charge is 0.196 e. The van der Waals surface area contributed by atoms with Gasteiger partial charge in [-0.3, -0.25) is 19.7 Å². The molecule has 6 N–H and O–H groups in total. The van der Waals surface area contributed by atoms with E-state index in [9.17, 15) is 16.8 Å². The van der Waals surface area contributed by atoms with Crippen molar-refractivity contribution in [2.45, 2.75) is 186 Å². The summed E-state index contributed by atoms with van der Waals surface area (Å²) >= 11 is 0. The summed E-state index contributed by atoms with van der Waals surface area (Å²) in [6, 6.07) is 14.9. The van der Waals surface area contributed by atoms with Crippen LogP contribution in [0.4, 0.5) is 0 Å². The molecule has 12 nitrogen and oxygen atoms in total. The summed E-state index contributed by atoms with van der Waals surface area (Å²) in [5.74, 6) is 0.319. The minimum absolute atomic E-state index is 0. The molecule has 68 heavy (non-hydrogen) atoms. The summed E-state index contributed by atoms with van der Waals surface area (Å²) < 4.78 is 50.7. The minimum Gasteiger partial charge on any atom is -0.323 e. The molecule has 1 saturated carbocycles. The number of sulfone groups is 2. The number of nitrogens with zero attached hydrogens (tertiary/aromatic N) is 5. The Morgan fingerprint density at radius 2 is 0.897 bits per heavy atom. The first-order valence-electron chi connectivity index (χ1n) is 24.2. The largest absolute Gasteiger partial charge is 0.323 e. The number of fused-ring (bicyclic) bond motifs is 5. The number of hydrogen-bond acceptors (Lipinski definition) is 12. The van der Waals surface area contributed by atoms with Crippen molar-refractivity contribution in [2.75, 3.05) is 50.8 Å². The normalized spacial score (nSPS) is 27.0. The Morgan fingerprint density at radius 3 is 1.37 bits per heavy atom. The zero-order valence-electron chi connectivity index (χ0n) is 40.7. The van der Waals surface area contributed by atoms with E-state index in [-0.39, 0.29) is 89.8 Å². The van der Waals surface area contributed by atoms with E-state index in [1.165, 1.54) is 56.2 Å². The van der Waals surface area contributed by atoms with Crippen LogP contribution in [0.25, 0.3) is 0 Å². The van der Waals surface area contributed by atoms with Crippen LogP contribution in [0.3, 0.4) is 0 Å². The van der Waals surface area contributed by atoms with Gasteiger partial charge in [-0.15, -0.1) is 0 Å². The summed E-state index contributed by atoms with van der Waals surface area (Å²) in [5.41, 5.74) is 24.4. The third-order valence-corrected chi connectivity index (χ3v) is 21.1. The average molecular weight is 979 g/mol. The van der Waals surface area contributed by atoms with Gasteiger partial charge in [0.05, 0.1) is 22.1 Å². The third kappa shape index (κ3) is 9.76. The van der Waals surface area contributed by atoms with Gasteiger partial charge in [0.15, 0.2) is 24.7 Å². The summed E-state index contributed by atoms with van der Waals surface area (Å²) in [5, 5.41) is 0.186. The molecule has 0 bridgehead atoms. The van der Waals surface area contributed by atoms with E-state index in [4.69, 9.17) is 22.2 Å². The maximum Gasteiger partial charge on any atom is 0.196 e. The Bertz CT molecular complexity index is 2330. The Hall–Kier alpha value is -2.82. The zero-order chi connectivity index (χ0) is 47.2. The first-order valence-corrected chi connectivity index (χ1v) is 27.5. The lowest BCUT2D eigenvalue weighted by Gasteiger charge is -2.50. The standard InChI is InChI=1S/C18H27N3.C17H26N2O2S.C16H25N3O2S.3CH4/c1-16(2,3)21-11-8-17(9-12-21)14(19)13-5-4-10-20-15(13)18(17)6-7-18;1-16(2,3)19-10-8-17(9-11-19)12-22(20,21)14-7-5-4-6-13(14)15(17)18;1-15(2,3)19-9-6-16(7-10-19)11-22(20,21)14-12(13(16)17)5-4-8-18-14;;;/h4-5,10,14H,6-9,11-12,19H2,1-3H3;4-7,15H,8-12,18H2,1-3H3;4-5,8,13H,6-7,9-11,17H2,1-3H3;3*1H4/t14-;15-;13-;;;/m111.../s1. The average Bonchev–Trinajstić information content (AvgIpc) is 4.04. The molecule has 0 radical (unpaired) electrons. The predicted molar refractivity (Wildman–Crippen MR) is 280 cm³/mol. The highest BCUT2D eigenvalue weighted by atomic mass is 32.2. The van der Waals surface area contributed by atoms with E-state index >= 15 is 0 Å². The molecule has 382 valence electrons. The topological polar surface area (TPSA) is 182 Å². The van der Waals surface area contributed by atoms with Crippen molar-refractivity contribution in [3.63, 3.8) is 0 Å². The first-order chi connectivity index (χ1) is 30.2. The second-order valence-corrected chi connectivity index (χ2v) is 27.6. The van der Waals surface area contributed by atoms with Crippen LogP contribution in [0.2, 0.25) is 0 Å². The molecule has 0 unspecified atom stereocenters. The number of benzene rings is 1. The van der Waals surface area contributed by atoms with E-state index in [1.807, 2.05) is 24.4 Å². The quantitative estimate of drug-likeness (QED) is 0.195. The van der Waals surface area contributed by atoms with E-state index in [2.05, 4.69) is 94.1 Å². The van der Waals surface area contributed by atoms with Crippen LogP contribution in [-0.4, -0.2) is 109 Å². The molecule has 7 aliphatic rings. The summed E-state index contributed by atoms with van der Waals surface area (Å²) in [7, 11) is -6.58. The summed E-state index contributed by atoms with van der Waals surface area (Å²) in [4.78, 5) is 16.7. The van der Waals surface area contributed by atoms with Gasteiger partial charge in [-0.1, -0.05) is 52.6 Å². The van der Waals surface area contributed by atoms with Gasteiger partial charge in [0.2, 0.25) is 0 Å². The highest BCUT2D eigenvalue weighted by Gasteiger charge is 2.69. The fourth-order valence-corrected chi connectivity index (χ4v) is 17.3. The van der Waals surface area contributed by atoms with Crippen LogP contribution in [0.15, 0.2) is 70.8 Å². The van der Waals surface area contributed by atoms with Crippen LogP contribution < -0.4 is 17.2 Å². The monoisotopic (exact) mass is 979 g/mol. The van der Waals surface area contributed by atoms with E-state index in [1.54, 1.807) is 18.2 Å². The van der Waals surface area contributed by atoms with Gasteiger partial charge in [-0.2, -0.15) is 0 Å². The lowest BCUT2D eigenvalue weighted by Crippen LogP contribution is -2.55. The van der Waals surface area contributed by atoms with Crippen molar-refractivity contribution in [3.8, 4) is 0 Å². The number of likely N-dealkylation sites (tertiary alicyclic amines) is 3.